The highest BCUT2D eigenvalue weighted by Gasteiger charge is 2.21. The first-order valence-corrected chi connectivity index (χ1v) is 4.66. The van der Waals surface area contributed by atoms with Crippen LogP contribution in [0.2, 0.25) is 0 Å². The van der Waals surface area contributed by atoms with E-state index in [4.69, 9.17) is 0 Å². The molecule has 0 saturated heterocycles. The van der Waals surface area contributed by atoms with Crippen LogP contribution in [0, 0.1) is 5.41 Å². The fourth-order valence-electron chi connectivity index (χ4n) is 0.853. The molecular weight excluding hydrogens is 192 g/mol. The Bertz CT molecular complexity index is 363. The van der Waals surface area contributed by atoms with Crippen LogP contribution < -0.4 is 5.32 Å². The highest BCUT2D eigenvalue weighted by atomic mass is 16.2. The number of amides is 1. The van der Waals surface area contributed by atoms with Gasteiger partial charge in [0.15, 0.2) is 6.29 Å². The lowest BCUT2D eigenvalue weighted by molar-refractivity contribution is -0.123. The maximum Gasteiger partial charge on any atom is 0.230 e. The standard InChI is InChI=1S/C11H14N2O2/c1-11(2,3)10(15)13-9-5-4-8(7-14)6-12-9/h4-7H,1-3H3,(H,12,13,15). The van der Waals surface area contributed by atoms with Crippen LogP contribution in [0.15, 0.2) is 18.3 Å². The predicted octanol–water partition coefficient (Wildman–Crippen LogP) is 1.88. The van der Waals surface area contributed by atoms with Crippen LogP contribution >= 0.6 is 0 Å². The zero-order valence-corrected chi connectivity index (χ0v) is 9.07. The van der Waals surface area contributed by atoms with E-state index in [1.54, 1.807) is 12.1 Å². The van der Waals surface area contributed by atoms with Gasteiger partial charge in [0.2, 0.25) is 5.91 Å². The van der Waals surface area contributed by atoms with E-state index >= 15 is 0 Å². The van der Waals surface area contributed by atoms with Crippen molar-refractivity contribution in [2.24, 2.45) is 5.41 Å². The number of carbonyl (C=O) groups excluding carboxylic acids is 2. The lowest BCUT2D eigenvalue weighted by Crippen LogP contribution is -2.27. The first-order chi connectivity index (χ1) is 6.93. The number of anilines is 1. The molecule has 80 valence electrons. The smallest absolute Gasteiger partial charge is 0.230 e. The molecule has 4 nitrogen and oxygen atoms in total. The minimum absolute atomic E-state index is 0.103. The maximum absolute atomic E-state index is 11.6. The number of nitrogens with zero attached hydrogens (tertiary/aromatic N) is 1. The number of nitrogens with one attached hydrogen (secondary N) is 1. The van der Waals surface area contributed by atoms with E-state index in [9.17, 15) is 9.59 Å². The van der Waals surface area contributed by atoms with Gasteiger partial charge in [-0.05, 0) is 12.1 Å². The Labute approximate surface area is 88.7 Å². The van der Waals surface area contributed by atoms with Gasteiger partial charge in [0.25, 0.3) is 0 Å². The third kappa shape index (κ3) is 3.16. The third-order valence-corrected chi connectivity index (χ3v) is 1.85. The molecule has 0 saturated carbocycles. The number of aromatic nitrogens is 1. The topological polar surface area (TPSA) is 59.1 Å². The van der Waals surface area contributed by atoms with Crippen molar-refractivity contribution in [3.63, 3.8) is 0 Å². The minimum atomic E-state index is -0.453. The molecule has 4 heteroatoms. The summed E-state index contributed by atoms with van der Waals surface area (Å²) in [6.07, 6.45) is 2.13. The van der Waals surface area contributed by atoms with E-state index in [0.717, 1.165) is 0 Å². The molecule has 1 aromatic rings. The normalized spacial score (nSPS) is 10.9. The second kappa shape index (κ2) is 4.21. The van der Waals surface area contributed by atoms with Gasteiger partial charge >= 0.3 is 0 Å². The molecule has 1 N–H and O–H groups in total. The van der Waals surface area contributed by atoms with Crippen molar-refractivity contribution < 1.29 is 9.59 Å². The van der Waals surface area contributed by atoms with Crippen molar-refractivity contribution >= 4 is 18.0 Å². The number of hydrogen-bond donors (Lipinski definition) is 1. The second-order valence-electron chi connectivity index (χ2n) is 4.30. The Kier molecular flexibility index (Phi) is 3.19. The molecule has 1 rings (SSSR count). The van der Waals surface area contributed by atoms with Crippen molar-refractivity contribution in [3.05, 3.63) is 23.9 Å². The highest BCUT2D eigenvalue weighted by Crippen LogP contribution is 2.15. The fourth-order valence-corrected chi connectivity index (χ4v) is 0.853. The number of rotatable bonds is 2. The van der Waals surface area contributed by atoms with Gasteiger partial charge in [-0.3, -0.25) is 9.59 Å². The van der Waals surface area contributed by atoms with Crippen LogP contribution in [0.5, 0.6) is 0 Å². The molecule has 0 aliphatic heterocycles. The van der Waals surface area contributed by atoms with Crippen molar-refractivity contribution in [1.29, 1.82) is 0 Å². The van der Waals surface area contributed by atoms with Crippen LogP contribution in [0.4, 0.5) is 5.82 Å². The molecule has 1 amide bonds. The van der Waals surface area contributed by atoms with Gasteiger partial charge in [0.05, 0.1) is 0 Å². The summed E-state index contributed by atoms with van der Waals surface area (Å²) in [5, 5.41) is 2.67. The van der Waals surface area contributed by atoms with E-state index < -0.39 is 5.41 Å². The first kappa shape index (κ1) is 11.4. The third-order valence-electron chi connectivity index (χ3n) is 1.85. The zero-order valence-electron chi connectivity index (χ0n) is 9.07. The monoisotopic (exact) mass is 206 g/mol. The first-order valence-electron chi connectivity index (χ1n) is 4.66. The molecule has 0 unspecified atom stereocenters. The molecule has 15 heavy (non-hydrogen) atoms. The molecule has 1 aromatic heterocycles. The molecule has 1 heterocycles. The van der Waals surface area contributed by atoms with Gasteiger partial charge in [-0.1, -0.05) is 20.8 Å². The molecular formula is C11H14N2O2. The Morgan fingerprint density at radius 2 is 2.07 bits per heavy atom. The Hall–Kier alpha value is -1.71. The molecule has 0 radical (unpaired) electrons. The number of aldehydes is 1. The average Bonchev–Trinajstić information content (AvgIpc) is 2.17. The summed E-state index contributed by atoms with van der Waals surface area (Å²) in [6.45, 7) is 5.46. The fraction of sp³-hybridized carbons (Fsp3) is 0.364. The van der Waals surface area contributed by atoms with Crippen molar-refractivity contribution in [2.45, 2.75) is 20.8 Å². The highest BCUT2D eigenvalue weighted by molar-refractivity contribution is 5.93. The van der Waals surface area contributed by atoms with Crippen LogP contribution in [0.25, 0.3) is 0 Å². The van der Waals surface area contributed by atoms with Crippen molar-refractivity contribution in [1.82, 2.24) is 4.98 Å². The second-order valence-corrected chi connectivity index (χ2v) is 4.30. The Balaban J connectivity index is 2.74. The van der Waals surface area contributed by atoms with Crippen LogP contribution in [-0.4, -0.2) is 17.2 Å². The number of hydrogen-bond acceptors (Lipinski definition) is 3. The maximum atomic E-state index is 11.6. The Morgan fingerprint density at radius 3 is 2.47 bits per heavy atom. The van der Waals surface area contributed by atoms with Crippen molar-refractivity contribution in [2.75, 3.05) is 5.32 Å². The average molecular weight is 206 g/mol. The minimum Gasteiger partial charge on any atom is -0.310 e. The molecule has 0 aliphatic rings. The lowest BCUT2D eigenvalue weighted by atomic mass is 9.96. The summed E-state index contributed by atoms with van der Waals surface area (Å²) < 4.78 is 0. The largest absolute Gasteiger partial charge is 0.310 e. The Morgan fingerprint density at radius 1 is 1.40 bits per heavy atom. The van der Waals surface area contributed by atoms with E-state index in [2.05, 4.69) is 10.3 Å². The summed E-state index contributed by atoms with van der Waals surface area (Å²) in [4.78, 5) is 25.9. The summed E-state index contributed by atoms with van der Waals surface area (Å²) in [6, 6.07) is 3.21. The molecule has 0 atom stereocenters. The summed E-state index contributed by atoms with van der Waals surface area (Å²) in [7, 11) is 0. The van der Waals surface area contributed by atoms with Crippen LogP contribution in [-0.2, 0) is 4.79 Å². The summed E-state index contributed by atoms with van der Waals surface area (Å²) in [5.74, 6) is 0.356. The van der Waals surface area contributed by atoms with Gasteiger partial charge < -0.3 is 5.32 Å². The number of pyridine rings is 1. The van der Waals surface area contributed by atoms with Crippen LogP contribution in [0.1, 0.15) is 31.1 Å². The molecule has 0 fully saturated rings. The SMILES string of the molecule is CC(C)(C)C(=O)Nc1ccc(C=O)cn1. The molecule has 0 aliphatic carbocycles. The summed E-state index contributed by atoms with van der Waals surface area (Å²) in [5.41, 5.74) is 0.0362. The van der Waals surface area contributed by atoms with Crippen molar-refractivity contribution in [3.8, 4) is 0 Å². The number of carbonyl (C=O) groups is 2. The lowest BCUT2D eigenvalue weighted by Gasteiger charge is -2.16. The predicted molar refractivity (Wildman–Crippen MR) is 57.7 cm³/mol. The van der Waals surface area contributed by atoms with Gasteiger partial charge in [-0.15, -0.1) is 0 Å². The van der Waals surface area contributed by atoms with Gasteiger partial charge in [-0.2, -0.15) is 0 Å². The van der Waals surface area contributed by atoms with Gasteiger partial charge in [0, 0.05) is 17.2 Å². The van der Waals surface area contributed by atoms with E-state index in [1.165, 1.54) is 6.20 Å². The molecule has 0 aromatic carbocycles. The van der Waals surface area contributed by atoms with E-state index in [0.29, 0.717) is 17.7 Å². The quantitative estimate of drug-likeness (QED) is 0.751. The molecule has 0 bridgehead atoms. The zero-order chi connectivity index (χ0) is 11.5. The van der Waals surface area contributed by atoms with Gasteiger partial charge in [0.1, 0.15) is 5.82 Å². The molecule has 0 spiro atoms. The van der Waals surface area contributed by atoms with E-state index in [-0.39, 0.29) is 5.91 Å². The van der Waals surface area contributed by atoms with Gasteiger partial charge in [-0.25, -0.2) is 4.98 Å². The summed E-state index contributed by atoms with van der Waals surface area (Å²) >= 11 is 0. The van der Waals surface area contributed by atoms with E-state index in [1.807, 2.05) is 20.8 Å². The van der Waals surface area contributed by atoms with Crippen LogP contribution in [0.3, 0.4) is 0 Å².